The predicted molar refractivity (Wildman–Crippen MR) is 132 cm³/mol. The highest BCUT2D eigenvalue weighted by molar-refractivity contribution is 6.24. The largest absolute Gasteiger partial charge is 0.303 e. The first kappa shape index (κ1) is 20.6. The van der Waals surface area contributed by atoms with Gasteiger partial charge in [-0.15, -0.1) is 0 Å². The van der Waals surface area contributed by atoms with Gasteiger partial charge in [0.1, 0.15) is 0 Å². The molecule has 0 atom stereocenters. The number of anilines is 1. The monoisotopic (exact) mass is 433 g/mol. The van der Waals surface area contributed by atoms with Crippen LogP contribution in [0.25, 0.3) is 10.8 Å². The molecule has 0 fully saturated rings. The molecule has 2 amide bonds. The lowest BCUT2D eigenvalue weighted by atomic mass is 10.1. The van der Waals surface area contributed by atoms with Crippen molar-refractivity contribution < 1.29 is 9.59 Å². The molecule has 1 aliphatic rings. The molecule has 5 nitrogen and oxygen atoms in total. The molecule has 0 saturated carbocycles. The van der Waals surface area contributed by atoms with Gasteiger partial charge in [-0.2, -0.15) is 5.10 Å². The van der Waals surface area contributed by atoms with E-state index in [-0.39, 0.29) is 11.8 Å². The van der Waals surface area contributed by atoms with Gasteiger partial charge in [0.2, 0.25) is 0 Å². The summed E-state index contributed by atoms with van der Waals surface area (Å²) in [5.74, 6) is -0.277. The second-order valence-corrected chi connectivity index (χ2v) is 8.33. The standard InChI is InChI=1S/C28H23N3O2/c1-18-9-12-23(19(2)15-18)16-29-30-27(32)22-13-10-20(11-14-22)17-31-25-8-4-6-21-5-3-7-24(26(21)25)28(31)33/h3-16H,17H2,1-2H3,(H,30,32). The van der Waals surface area contributed by atoms with E-state index in [0.717, 1.165) is 38.7 Å². The van der Waals surface area contributed by atoms with Crippen molar-refractivity contribution in [2.75, 3.05) is 4.90 Å². The predicted octanol–water partition coefficient (Wildman–Crippen LogP) is 5.38. The summed E-state index contributed by atoms with van der Waals surface area (Å²) in [4.78, 5) is 27.2. The van der Waals surface area contributed by atoms with Crippen LogP contribution in [0.3, 0.4) is 0 Å². The Hall–Kier alpha value is -4.25. The minimum absolute atomic E-state index is 0.00403. The fourth-order valence-electron chi connectivity index (χ4n) is 4.28. The Labute approximate surface area is 192 Å². The molecule has 5 rings (SSSR count). The molecule has 0 aromatic heterocycles. The fourth-order valence-corrected chi connectivity index (χ4v) is 4.28. The Morgan fingerprint density at radius 2 is 1.73 bits per heavy atom. The summed E-state index contributed by atoms with van der Waals surface area (Å²) in [5, 5.41) is 6.16. The van der Waals surface area contributed by atoms with E-state index >= 15 is 0 Å². The molecule has 0 spiro atoms. The van der Waals surface area contributed by atoms with Crippen LogP contribution >= 0.6 is 0 Å². The van der Waals surface area contributed by atoms with E-state index in [2.05, 4.69) is 16.6 Å². The lowest BCUT2D eigenvalue weighted by Gasteiger charge is -2.18. The van der Waals surface area contributed by atoms with Crippen LogP contribution in [0.5, 0.6) is 0 Å². The number of aryl methyl sites for hydroxylation is 2. The number of benzene rings is 4. The smallest absolute Gasteiger partial charge is 0.271 e. The summed E-state index contributed by atoms with van der Waals surface area (Å²) in [6.07, 6.45) is 1.65. The average Bonchev–Trinajstić information content (AvgIpc) is 3.09. The van der Waals surface area contributed by atoms with Crippen LogP contribution in [0.2, 0.25) is 0 Å². The van der Waals surface area contributed by atoms with E-state index in [1.165, 1.54) is 5.56 Å². The molecule has 1 heterocycles. The zero-order valence-electron chi connectivity index (χ0n) is 18.5. The van der Waals surface area contributed by atoms with Crippen LogP contribution in [0.15, 0.2) is 84.0 Å². The summed E-state index contributed by atoms with van der Waals surface area (Å²) in [6.45, 7) is 4.50. The summed E-state index contributed by atoms with van der Waals surface area (Å²) < 4.78 is 0. The Morgan fingerprint density at radius 1 is 0.970 bits per heavy atom. The first-order valence-corrected chi connectivity index (χ1v) is 10.8. The Morgan fingerprint density at radius 3 is 2.48 bits per heavy atom. The number of hydrazone groups is 1. The molecule has 5 heteroatoms. The van der Waals surface area contributed by atoms with Gasteiger partial charge in [0.25, 0.3) is 11.8 Å². The van der Waals surface area contributed by atoms with Crippen molar-refractivity contribution in [3.63, 3.8) is 0 Å². The van der Waals surface area contributed by atoms with Gasteiger partial charge >= 0.3 is 0 Å². The van der Waals surface area contributed by atoms with E-state index in [4.69, 9.17) is 0 Å². The van der Waals surface area contributed by atoms with Crippen molar-refractivity contribution in [1.82, 2.24) is 5.43 Å². The third kappa shape index (κ3) is 3.89. The van der Waals surface area contributed by atoms with E-state index < -0.39 is 0 Å². The number of nitrogens with one attached hydrogen (secondary N) is 1. The Balaban J connectivity index is 1.27. The van der Waals surface area contributed by atoms with Crippen LogP contribution in [0, 0.1) is 13.8 Å². The molecule has 162 valence electrons. The second-order valence-electron chi connectivity index (χ2n) is 8.33. The van der Waals surface area contributed by atoms with Gasteiger partial charge in [0, 0.05) is 16.5 Å². The van der Waals surface area contributed by atoms with Gasteiger partial charge in [-0.05, 0) is 60.2 Å². The zero-order chi connectivity index (χ0) is 22.9. The molecule has 33 heavy (non-hydrogen) atoms. The highest BCUT2D eigenvalue weighted by atomic mass is 16.2. The SMILES string of the molecule is Cc1ccc(C=NNC(=O)c2ccc(CN3C(=O)c4cccc5cccc3c45)cc2)c(C)c1. The third-order valence-corrected chi connectivity index (χ3v) is 6.00. The normalized spacial score (nSPS) is 12.7. The number of hydrogen-bond donors (Lipinski definition) is 1. The van der Waals surface area contributed by atoms with E-state index in [1.54, 1.807) is 23.2 Å². The van der Waals surface area contributed by atoms with Gasteiger partial charge in [-0.3, -0.25) is 9.59 Å². The second kappa shape index (κ2) is 8.36. The summed E-state index contributed by atoms with van der Waals surface area (Å²) >= 11 is 0. The van der Waals surface area contributed by atoms with Crippen molar-refractivity contribution >= 4 is 34.5 Å². The van der Waals surface area contributed by atoms with Crippen LogP contribution in [0.1, 0.15) is 43.0 Å². The number of nitrogens with zero attached hydrogens (tertiary/aromatic N) is 2. The van der Waals surface area contributed by atoms with Crippen LogP contribution in [-0.2, 0) is 6.54 Å². The maximum atomic E-state index is 13.0. The summed E-state index contributed by atoms with van der Waals surface area (Å²) in [5.41, 5.74) is 8.95. The van der Waals surface area contributed by atoms with Crippen molar-refractivity contribution in [1.29, 1.82) is 0 Å². The Bertz CT molecular complexity index is 1420. The van der Waals surface area contributed by atoms with Crippen LogP contribution < -0.4 is 10.3 Å². The molecule has 0 bridgehead atoms. The minimum atomic E-state index is -0.281. The van der Waals surface area contributed by atoms with Crippen LogP contribution in [0.4, 0.5) is 5.69 Å². The van der Waals surface area contributed by atoms with Crippen molar-refractivity contribution in [3.8, 4) is 0 Å². The summed E-state index contributed by atoms with van der Waals surface area (Å²) in [7, 11) is 0. The molecular weight excluding hydrogens is 410 g/mol. The van der Waals surface area contributed by atoms with Crippen molar-refractivity contribution in [3.05, 3.63) is 112 Å². The maximum Gasteiger partial charge on any atom is 0.271 e. The number of carbonyl (C=O) groups is 2. The van der Waals surface area contributed by atoms with Gasteiger partial charge in [0.05, 0.1) is 18.4 Å². The zero-order valence-corrected chi connectivity index (χ0v) is 18.5. The van der Waals surface area contributed by atoms with Crippen molar-refractivity contribution in [2.45, 2.75) is 20.4 Å². The third-order valence-electron chi connectivity index (χ3n) is 6.00. The molecule has 0 aliphatic carbocycles. The first-order valence-electron chi connectivity index (χ1n) is 10.8. The summed E-state index contributed by atoms with van der Waals surface area (Å²) in [6, 6.07) is 25.1. The maximum absolute atomic E-state index is 13.0. The quantitative estimate of drug-likeness (QED) is 0.339. The molecule has 0 radical (unpaired) electrons. The molecule has 0 saturated heterocycles. The molecule has 0 unspecified atom stereocenters. The van der Waals surface area contributed by atoms with Gasteiger partial charge < -0.3 is 4.90 Å². The first-order chi connectivity index (χ1) is 16.0. The molecule has 1 N–H and O–H groups in total. The van der Waals surface area contributed by atoms with Crippen LogP contribution in [-0.4, -0.2) is 18.0 Å². The lowest BCUT2D eigenvalue weighted by molar-refractivity contribution is 0.0953. The highest BCUT2D eigenvalue weighted by Gasteiger charge is 2.29. The van der Waals surface area contributed by atoms with Gasteiger partial charge in [-0.1, -0.05) is 60.2 Å². The number of amides is 2. The Kier molecular flexibility index (Phi) is 5.23. The number of carbonyl (C=O) groups excluding carboxylic acids is 2. The number of rotatable bonds is 5. The van der Waals surface area contributed by atoms with E-state index in [0.29, 0.717) is 12.1 Å². The van der Waals surface area contributed by atoms with Gasteiger partial charge in [-0.25, -0.2) is 5.43 Å². The van der Waals surface area contributed by atoms with Crippen molar-refractivity contribution in [2.24, 2.45) is 5.10 Å². The topological polar surface area (TPSA) is 61.8 Å². The molecule has 4 aromatic rings. The van der Waals surface area contributed by atoms with Gasteiger partial charge in [0.15, 0.2) is 0 Å². The lowest BCUT2D eigenvalue weighted by Crippen LogP contribution is -2.26. The highest BCUT2D eigenvalue weighted by Crippen LogP contribution is 2.37. The number of hydrogen-bond acceptors (Lipinski definition) is 3. The average molecular weight is 434 g/mol. The van der Waals surface area contributed by atoms with E-state index in [1.807, 2.05) is 74.5 Å². The minimum Gasteiger partial charge on any atom is -0.303 e. The fraction of sp³-hybridized carbons (Fsp3) is 0.107. The van der Waals surface area contributed by atoms with E-state index in [9.17, 15) is 9.59 Å². The molecule has 1 aliphatic heterocycles. The molecular formula is C28H23N3O2. The molecule has 4 aromatic carbocycles.